The van der Waals surface area contributed by atoms with Crippen molar-refractivity contribution in [2.45, 2.75) is 25.1 Å². The normalized spacial score (nSPS) is 30.4. The van der Waals surface area contributed by atoms with Crippen molar-refractivity contribution in [2.75, 3.05) is 14.2 Å². The van der Waals surface area contributed by atoms with Crippen LogP contribution in [0.15, 0.2) is 0 Å². The number of ether oxygens (including phenoxy) is 2. The van der Waals surface area contributed by atoms with E-state index in [-0.39, 0.29) is 18.2 Å². The van der Waals surface area contributed by atoms with Crippen LogP contribution in [0.2, 0.25) is 0 Å². The van der Waals surface area contributed by atoms with Crippen molar-refractivity contribution < 1.29 is 14.3 Å². The van der Waals surface area contributed by atoms with Gasteiger partial charge in [0.2, 0.25) is 0 Å². The van der Waals surface area contributed by atoms with Gasteiger partial charge in [0.15, 0.2) is 0 Å². The van der Waals surface area contributed by atoms with E-state index in [0.717, 1.165) is 12.8 Å². The molecule has 11 heavy (non-hydrogen) atoms. The third-order valence-electron chi connectivity index (χ3n) is 1.87. The summed E-state index contributed by atoms with van der Waals surface area (Å²) in [6.45, 7) is 0. The Morgan fingerprint density at radius 3 is 2.64 bits per heavy atom. The second-order valence-corrected chi connectivity index (χ2v) is 2.54. The van der Waals surface area contributed by atoms with E-state index in [1.54, 1.807) is 7.11 Å². The Morgan fingerprint density at radius 2 is 2.18 bits per heavy atom. The average molecular weight is 159 g/mol. The molecule has 0 aromatic rings. The highest BCUT2D eigenvalue weighted by Crippen LogP contribution is 2.13. The van der Waals surface area contributed by atoms with Crippen molar-refractivity contribution in [3.63, 3.8) is 0 Å². The summed E-state index contributed by atoms with van der Waals surface area (Å²) >= 11 is 0. The zero-order valence-corrected chi connectivity index (χ0v) is 6.79. The molecule has 0 aromatic carbocycles. The van der Waals surface area contributed by atoms with E-state index in [9.17, 15) is 4.79 Å². The van der Waals surface area contributed by atoms with Crippen LogP contribution in [0.1, 0.15) is 12.8 Å². The fourth-order valence-corrected chi connectivity index (χ4v) is 1.22. The molecule has 2 atom stereocenters. The van der Waals surface area contributed by atoms with E-state index in [0.29, 0.717) is 0 Å². The molecule has 0 amide bonds. The van der Waals surface area contributed by atoms with Gasteiger partial charge in [0.1, 0.15) is 12.3 Å². The molecule has 0 aliphatic carbocycles. The molecule has 0 radical (unpaired) electrons. The van der Waals surface area contributed by atoms with Crippen molar-refractivity contribution in [2.24, 2.45) is 0 Å². The number of carbonyl (C=O) groups excluding carboxylic acids is 1. The standard InChI is InChI=1S/C7H13NO3/c1-10-6-4-3-5(8-6)7(9)11-2/h5-6,8H,3-4H2,1-2H3/t5-,6+/m1/s1. The fourth-order valence-electron chi connectivity index (χ4n) is 1.22. The van der Waals surface area contributed by atoms with Crippen LogP contribution >= 0.6 is 0 Å². The average Bonchev–Trinajstić information content (AvgIpc) is 2.50. The second kappa shape index (κ2) is 3.69. The molecule has 1 aliphatic rings. The summed E-state index contributed by atoms with van der Waals surface area (Å²) in [7, 11) is 3.02. The van der Waals surface area contributed by atoms with E-state index in [2.05, 4.69) is 10.1 Å². The SMILES string of the molecule is COC(=O)[C@H]1CC[C@H](OC)N1. The third kappa shape index (κ3) is 1.91. The van der Waals surface area contributed by atoms with Gasteiger partial charge >= 0.3 is 5.97 Å². The highest BCUT2D eigenvalue weighted by Gasteiger charge is 2.29. The molecule has 0 spiro atoms. The molecule has 1 aliphatic heterocycles. The molecule has 1 fully saturated rings. The minimum absolute atomic E-state index is 0.0131. The van der Waals surface area contributed by atoms with Crippen LogP contribution in [0, 0.1) is 0 Å². The lowest BCUT2D eigenvalue weighted by Crippen LogP contribution is -2.36. The van der Waals surface area contributed by atoms with Gasteiger partial charge in [0, 0.05) is 7.11 Å². The van der Waals surface area contributed by atoms with E-state index in [4.69, 9.17) is 4.74 Å². The van der Waals surface area contributed by atoms with E-state index in [1.807, 2.05) is 0 Å². The van der Waals surface area contributed by atoms with E-state index in [1.165, 1.54) is 7.11 Å². The zero-order chi connectivity index (χ0) is 8.27. The van der Waals surface area contributed by atoms with Crippen LogP contribution in [-0.4, -0.2) is 32.5 Å². The lowest BCUT2D eigenvalue weighted by atomic mass is 10.2. The summed E-state index contributed by atoms with van der Waals surface area (Å²) in [5.41, 5.74) is 0. The second-order valence-electron chi connectivity index (χ2n) is 2.54. The highest BCUT2D eigenvalue weighted by atomic mass is 16.5. The zero-order valence-electron chi connectivity index (χ0n) is 6.79. The summed E-state index contributed by atoms with van der Waals surface area (Å²) in [4.78, 5) is 10.9. The van der Waals surface area contributed by atoms with Crippen LogP contribution < -0.4 is 5.32 Å². The van der Waals surface area contributed by atoms with Gasteiger partial charge in [-0.15, -0.1) is 0 Å². The molecule has 0 saturated carbocycles. The summed E-state index contributed by atoms with van der Waals surface area (Å²) in [5, 5.41) is 2.99. The van der Waals surface area contributed by atoms with Gasteiger partial charge < -0.3 is 9.47 Å². The Kier molecular flexibility index (Phi) is 2.84. The Balaban J connectivity index is 2.35. The van der Waals surface area contributed by atoms with Crippen molar-refractivity contribution >= 4 is 5.97 Å². The topological polar surface area (TPSA) is 47.6 Å². The molecule has 4 heteroatoms. The van der Waals surface area contributed by atoms with Crippen LogP contribution in [0.25, 0.3) is 0 Å². The number of hydrogen-bond donors (Lipinski definition) is 1. The van der Waals surface area contributed by atoms with Gasteiger partial charge in [-0.25, -0.2) is 0 Å². The van der Waals surface area contributed by atoms with Crippen molar-refractivity contribution in [1.82, 2.24) is 5.32 Å². The van der Waals surface area contributed by atoms with E-state index >= 15 is 0 Å². The molecule has 1 saturated heterocycles. The van der Waals surface area contributed by atoms with Crippen LogP contribution in [-0.2, 0) is 14.3 Å². The predicted molar refractivity (Wildman–Crippen MR) is 39.0 cm³/mol. The quantitative estimate of drug-likeness (QED) is 0.571. The first-order chi connectivity index (χ1) is 5.27. The van der Waals surface area contributed by atoms with Crippen LogP contribution in [0.4, 0.5) is 0 Å². The molecule has 1 heterocycles. The summed E-state index contributed by atoms with van der Waals surface area (Å²) in [6, 6.07) is -0.176. The largest absolute Gasteiger partial charge is 0.468 e. The van der Waals surface area contributed by atoms with Crippen molar-refractivity contribution in [1.29, 1.82) is 0 Å². The number of esters is 1. The molecule has 64 valence electrons. The molecule has 0 unspecified atom stereocenters. The Bertz CT molecular complexity index is 149. The molecule has 1 N–H and O–H groups in total. The summed E-state index contributed by atoms with van der Waals surface area (Å²) in [5.74, 6) is -0.204. The predicted octanol–water partition coefficient (Wildman–Crippen LogP) is -0.116. The van der Waals surface area contributed by atoms with Gasteiger partial charge in [-0.2, -0.15) is 0 Å². The maximum atomic E-state index is 10.9. The lowest BCUT2D eigenvalue weighted by Gasteiger charge is -2.10. The number of nitrogens with one attached hydrogen (secondary N) is 1. The number of methoxy groups -OCH3 is 2. The smallest absolute Gasteiger partial charge is 0.322 e. The molecule has 4 nitrogen and oxygen atoms in total. The lowest BCUT2D eigenvalue weighted by molar-refractivity contribution is -0.143. The van der Waals surface area contributed by atoms with Gasteiger partial charge in [0.25, 0.3) is 0 Å². The number of carbonyl (C=O) groups is 1. The molecular formula is C7H13NO3. The number of hydrogen-bond acceptors (Lipinski definition) is 4. The van der Waals surface area contributed by atoms with Gasteiger partial charge in [0.05, 0.1) is 7.11 Å². The first-order valence-electron chi connectivity index (χ1n) is 3.64. The van der Waals surface area contributed by atoms with E-state index < -0.39 is 0 Å². The molecule has 1 rings (SSSR count). The molecule has 0 aromatic heterocycles. The Hall–Kier alpha value is -0.610. The van der Waals surface area contributed by atoms with Crippen LogP contribution in [0.5, 0.6) is 0 Å². The number of rotatable bonds is 2. The van der Waals surface area contributed by atoms with Crippen LogP contribution in [0.3, 0.4) is 0 Å². The maximum absolute atomic E-state index is 10.9. The van der Waals surface area contributed by atoms with Crippen molar-refractivity contribution in [3.8, 4) is 0 Å². The Labute approximate surface area is 65.9 Å². The minimum atomic E-state index is -0.204. The first kappa shape index (κ1) is 8.49. The monoisotopic (exact) mass is 159 g/mol. The summed E-state index contributed by atoms with van der Waals surface area (Å²) in [6.07, 6.45) is 1.68. The maximum Gasteiger partial charge on any atom is 0.322 e. The summed E-state index contributed by atoms with van der Waals surface area (Å²) < 4.78 is 9.59. The van der Waals surface area contributed by atoms with Gasteiger partial charge in [-0.05, 0) is 12.8 Å². The third-order valence-corrected chi connectivity index (χ3v) is 1.87. The van der Waals surface area contributed by atoms with Gasteiger partial charge in [-0.1, -0.05) is 0 Å². The van der Waals surface area contributed by atoms with Gasteiger partial charge in [-0.3, -0.25) is 10.1 Å². The van der Waals surface area contributed by atoms with Crippen molar-refractivity contribution in [3.05, 3.63) is 0 Å². The Morgan fingerprint density at radius 1 is 1.45 bits per heavy atom. The molecular weight excluding hydrogens is 146 g/mol. The fraction of sp³-hybridized carbons (Fsp3) is 0.857. The molecule has 0 bridgehead atoms. The first-order valence-corrected chi connectivity index (χ1v) is 3.64. The highest BCUT2D eigenvalue weighted by molar-refractivity contribution is 5.75. The minimum Gasteiger partial charge on any atom is -0.468 e.